The average molecular weight is 461 g/mol. The quantitative estimate of drug-likeness (QED) is 0.563. The van der Waals surface area contributed by atoms with Gasteiger partial charge >= 0.3 is 0 Å². The maximum atomic E-state index is 13.2. The third-order valence-corrected chi connectivity index (χ3v) is 8.01. The second kappa shape index (κ2) is 8.16. The van der Waals surface area contributed by atoms with Crippen LogP contribution < -0.4 is 19.1 Å². The zero-order valence-electron chi connectivity index (χ0n) is 17.0. The Morgan fingerprint density at radius 3 is 2.61 bits per heavy atom. The van der Waals surface area contributed by atoms with Crippen molar-refractivity contribution in [3.8, 4) is 11.5 Å². The van der Waals surface area contributed by atoms with Crippen molar-refractivity contribution >= 4 is 38.1 Å². The van der Waals surface area contributed by atoms with Gasteiger partial charge in [0.2, 0.25) is 5.13 Å². The van der Waals surface area contributed by atoms with E-state index >= 15 is 0 Å². The normalized spacial score (nSPS) is 15.5. The number of anilines is 2. The number of hydrogen-bond acceptors (Lipinski definition) is 8. The molecule has 162 valence electrons. The molecule has 1 N–H and O–H groups in total. The van der Waals surface area contributed by atoms with Crippen molar-refractivity contribution in [1.82, 2.24) is 10.2 Å². The average Bonchev–Trinajstić information content (AvgIpc) is 3.37. The van der Waals surface area contributed by atoms with Crippen LogP contribution >= 0.6 is 11.3 Å². The number of methoxy groups -OCH3 is 2. The summed E-state index contributed by atoms with van der Waals surface area (Å²) in [4.78, 5) is 12.6. The van der Waals surface area contributed by atoms with E-state index in [-0.39, 0.29) is 15.5 Å². The highest BCUT2D eigenvalue weighted by Crippen LogP contribution is 2.37. The maximum absolute atomic E-state index is 13.2. The van der Waals surface area contributed by atoms with Crippen LogP contribution in [-0.4, -0.2) is 44.8 Å². The monoisotopic (exact) mass is 460 g/mol. The number of sulfonamides is 1. The summed E-state index contributed by atoms with van der Waals surface area (Å²) >= 11 is 0.804. The highest BCUT2D eigenvalue weighted by molar-refractivity contribution is 7.94. The first-order chi connectivity index (χ1) is 14.8. The summed E-state index contributed by atoms with van der Waals surface area (Å²) in [6, 6.07) is 11.8. The van der Waals surface area contributed by atoms with Crippen LogP contribution in [0.1, 0.15) is 22.8 Å². The SMILES string of the molecule is COc1ccc(C(=O)Nc2nnc(S(=O)(=O)N3c4ccccc4C[C@@H]3C)s2)cc1OC. The van der Waals surface area contributed by atoms with E-state index in [4.69, 9.17) is 9.47 Å². The summed E-state index contributed by atoms with van der Waals surface area (Å²) in [6.07, 6.45) is 0.622. The number of carbonyl (C=O) groups excluding carboxylic acids is 1. The Kier molecular flexibility index (Phi) is 5.54. The van der Waals surface area contributed by atoms with Crippen molar-refractivity contribution in [2.24, 2.45) is 0 Å². The molecule has 9 nitrogen and oxygen atoms in total. The molecule has 0 bridgehead atoms. The molecule has 4 rings (SSSR count). The Bertz CT molecular complexity index is 1240. The zero-order chi connectivity index (χ0) is 22.2. The van der Waals surface area contributed by atoms with Crippen molar-refractivity contribution in [1.29, 1.82) is 0 Å². The summed E-state index contributed by atoms with van der Waals surface area (Å²) < 4.78 is 38.0. The topological polar surface area (TPSA) is 111 Å². The van der Waals surface area contributed by atoms with Gasteiger partial charge in [0.25, 0.3) is 20.3 Å². The molecule has 0 aliphatic carbocycles. The first kappa shape index (κ1) is 21.1. The number of para-hydroxylation sites is 1. The van der Waals surface area contributed by atoms with Crippen molar-refractivity contribution in [2.75, 3.05) is 23.8 Å². The van der Waals surface area contributed by atoms with E-state index in [1.54, 1.807) is 24.3 Å². The predicted octanol–water partition coefficient (Wildman–Crippen LogP) is 2.95. The molecule has 0 unspecified atom stereocenters. The first-order valence-electron chi connectivity index (χ1n) is 9.34. The highest BCUT2D eigenvalue weighted by atomic mass is 32.2. The van der Waals surface area contributed by atoms with Crippen molar-refractivity contribution in [2.45, 2.75) is 23.7 Å². The molecular weight excluding hydrogens is 440 g/mol. The number of benzene rings is 2. The van der Waals surface area contributed by atoms with Crippen LogP contribution in [0.3, 0.4) is 0 Å². The van der Waals surface area contributed by atoms with Crippen molar-refractivity contribution in [3.63, 3.8) is 0 Å². The summed E-state index contributed by atoms with van der Waals surface area (Å²) in [5.41, 5.74) is 1.91. The molecule has 3 aromatic rings. The van der Waals surface area contributed by atoms with E-state index in [1.165, 1.54) is 24.6 Å². The van der Waals surface area contributed by atoms with E-state index in [9.17, 15) is 13.2 Å². The molecule has 1 aliphatic rings. The molecule has 1 atom stereocenters. The van der Waals surface area contributed by atoms with E-state index in [0.717, 1.165) is 16.9 Å². The lowest BCUT2D eigenvalue weighted by Crippen LogP contribution is -2.35. The molecule has 1 amide bonds. The Labute approximate surface area is 183 Å². The summed E-state index contributed by atoms with van der Waals surface area (Å²) in [7, 11) is -0.939. The van der Waals surface area contributed by atoms with Gasteiger partial charge in [0.05, 0.1) is 19.9 Å². The fourth-order valence-corrected chi connectivity index (χ4v) is 6.17. The van der Waals surface area contributed by atoms with Gasteiger partial charge in [-0.25, -0.2) is 0 Å². The van der Waals surface area contributed by atoms with Crippen LogP contribution in [0.15, 0.2) is 46.8 Å². The van der Waals surface area contributed by atoms with E-state index < -0.39 is 15.9 Å². The molecule has 11 heteroatoms. The fraction of sp³-hybridized carbons (Fsp3) is 0.250. The van der Waals surface area contributed by atoms with Gasteiger partial charge < -0.3 is 9.47 Å². The molecule has 2 aromatic carbocycles. The number of rotatable bonds is 6. The summed E-state index contributed by atoms with van der Waals surface area (Å²) in [5, 5.41) is 10.3. The van der Waals surface area contributed by atoms with Crippen LogP contribution in [-0.2, 0) is 16.4 Å². The van der Waals surface area contributed by atoms with Gasteiger partial charge in [-0.1, -0.05) is 29.5 Å². The van der Waals surface area contributed by atoms with Gasteiger partial charge in [-0.2, -0.15) is 8.42 Å². The lowest BCUT2D eigenvalue weighted by Gasteiger charge is -2.22. The Balaban J connectivity index is 1.57. The van der Waals surface area contributed by atoms with Gasteiger partial charge in [-0.05, 0) is 43.2 Å². The molecule has 2 heterocycles. The van der Waals surface area contributed by atoms with Crippen LogP contribution in [0.2, 0.25) is 0 Å². The first-order valence-corrected chi connectivity index (χ1v) is 11.6. The third kappa shape index (κ3) is 3.81. The summed E-state index contributed by atoms with van der Waals surface area (Å²) in [5.74, 6) is 0.418. The Hall–Kier alpha value is -3.18. The number of aromatic nitrogens is 2. The smallest absolute Gasteiger partial charge is 0.293 e. The molecule has 0 radical (unpaired) electrons. The van der Waals surface area contributed by atoms with Crippen LogP contribution in [0, 0.1) is 0 Å². The minimum atomic E-state index is -3.91. The highest BCUT2D eigenvalue weighted by Gasteiger charge is 2.38. The molecular formula is C20H20N4O5S2. The molecule has 1 aromatic heterocycles. The number of ether oxygens (including phenoxy) is 2. The van der Waals surface area contributed by atoms with Gasteiger partial charge in [0, 0.05) is 11.6 Å². The molecule has 0 spiro atoms. The van der Waals surface area contributed by atoms with Crippen LogP contribution in [0.5, 0.6) is 11.5 Å². The van der Waals surface area contributed by atoms with Gasteiger partial charge in [-0.15, -0.1) is 10.2 Å². The standard InChI is InChI=1S/C20H20N4O5S2/c1-12-10-13-6-4-5-7-15(13)24(12)31(26,27)20-23-22-19(30-20)21-18(25)14-8-9-16(28-2)17(11-14)29-3/h4-9,11-12H,10H2,1-3H3,(H,21,22,25)/t12-/m0/s1. The van der Waals surface area contributed by atoms with Gasteiger partial charge in [0.15, 0.2) is 11.5 Å². The number of hydrogen-bond donors (Lipinski definition) is 1. The molecule has 0 fully saturated rings. The largest absolute Gasteiger partial charge is 0.493 e. The second-order valence-electron chi connectivity index (χ2n) is 6.88. The Morgan fingerprint density at radius 2 is 1.87 bits per heavy atom. The maximum Gasteiger partial charge on any atom is 0.293 e. The van der Waals surface area contributed by atoms with Crippen molar-refractivity contribution in [3.05, 3.63) is 53.6 Å². The van der Waals surface area contributed by atoms with Gasteiger partial charge in [-0.3, -0.25) is 14.4 Å². The zero-order valence-corrected chi connectivity index (χ0v) is 18.7. The van der Waals surface area contributed by atoms with E-state index in [1.807, 2.05) is 19.1 Å². The van der Waals surface area contributed by atoms with Crippen LogP contribution in [0.25, 0.3) is 0 Å². The lowest BCUT2D eigenvalue weighted by molar-refractivity contribution is 0.102. The number of nitrogens with one attached hydrogen (secondary N) is 1. The molecule has 31 heavy (non-hydrogen) atoms. The fourth-order valence-electron chi connectivity index (χ4n) is 3.50. The summed E-state index contributed by atoms with van der Waals surface area (Å²) in [6.45, 7) is 1.85. The minimum Gasteiger partial charge on any atom is -0.493 e. The minimum absolute atomic E-state index is 0.0819. The van der Waals surface area contributed by atoms with Crippen LogP contribution in [0.4, 0.5) is 10.8 Å². The lowest BCUT2D eigenvalue weighted by atomic mass is 10.1. The number of amides is 1. The number of fused-ring (bicyclic) bond motifs is 1. The predicted molar refractivity (Wildman–Crippen MR) is 117 cm³/mol. The Morgan fingerprint density at radius 1 is 1.13 bits per heavy atom. The van der Waals surface area contributed by atoms with E-state index in [0.29, 0.717) is 29.2 Å². The van der Waals surface area contributed by atoms with Gasteiger partial charge in [0.1, 0.15) is 0 Å². The number of carbonyl (C=O) groups is 1. The molecule has 0 saturated carbocycles. The van der Waals surface area contributed by atoms with Crippen molar-refractivity contribution < 1.29 is 22.7 Å². The number of nitrogens with zero attached hydrogens (tertiary/aromatic N) is 3. The second-order valence-corrected chi connectivity index (χ2v) is 9.85. The third-order valence-electron chi connectivity index (χ3n) is 4.90. The van der Waals surface area contributed by atoms with E-state index in [2.05, 4.69) is 15.5 Å². The molecule has 1 aliphatic heterocycles. The molecule has 0 saturated heterocycles.